The molecule has 4 N–H and O–H groups in total. The van der Waals surface area contributed by atoms with Gasteiger partial charge in [0.1, 0.15) is 17.8 Å². The molecule has 0 aliphatic rings. The van der Waals surface area contributed by atoms with E-state index in [0.29, 0.717) is 5.56 Å². The summed E-state index contributed by atoms with van der Waals surface area (Å²) in [7, 11) is 0. The molecule has 8 heteroatoms. The molecule has 0 spiro atoms. The number of hydrogen-bond acceptors (Lipinski definition) is 5. The standard InChI is InChI=1S/C24H30N2O5S/c1-3-15(2)21(32)23(29)25-19(13-16-7-5-4-6-8-16)22(28)26-20(24(30)31)14-17-9-11-18(27)12-10-17/h4-12,15,19-21,27,32H,3,13-14H2,1-2H3,(H,25,29)(H,26,28)(H,30,31)/t15?,19-,20-,21?/m0/s1. The Balaban J connectivity index is 2.17. The van der Waals surface area contributed by atoms with Gasteiger partial charge in [-0.3, -0.25) is 9.59 Å². The topological polar surface area (TPSA) is 116 Å². The summed E-state index contributed by atoms with van der Waals surface area (Å²) in [4.78, 5) is 37.5. The van der Waals surface area contributed by atoms with E-state index in [0.717, 1.165) is 12.0 Å². The summed E-state index contributed by atoms with van der Waals surface area (Å²) in [5, 5.41) is 23.7. The van der Waals surface area contributed by atoms with Gasteiger partial charge in [0.25, 0.3) is 0 Å². The van der Waals surface area contributed by atoms with E-state index in [-0.39, 0.29) is 30.4 Å². The first kappa shape index (κ1) is 25.3. The van der Waals surface area contributed by atoms with Gasteiger partial charge in [0.15, 0.2) is 0 Å². The lowest BCUT2D eigenvalue weighted by Gasteiger charge is -2.24. The second kappa shape index (κ2) is 12.1. The molecular formula is C24H30N2O5S. The first-order chi connectivity index (χ1) is 15.2. The first-order valence-corrected chi connectivity index (χ1v) is 11.1. The van der Waals surface area contributed by atoms with Crippen molar-refractivity contribution in [2.45, 2.75) is 50.4 Å². The van der Waals surface area contributed by atoms with Crippen LogP contribution < -0.4 is 10.6 Å². The number of rotatable bonds is 11. The molecular weight excluding hydrogens is 428 g/mol. The van der Waals surface area contributed by atoms with Gasteiger partial charge in [0, 0.05) is 12.8 Å². The third kappa shape index (κ3) is 7.60. The third-order valence-electron chi connectivity index (χ3n) is 5.36. The molecule has 0 aliphatic carbocycles. The molecule has 2 aromatic carbocycles. The summed E-state index contributed by atoms with van der Waals surface area (Å²) < 4.78 is 0. The van der Waals surface area contributed by atoms with Gasteiger partial charge in [-0.05, 0) is 29.2 Å². The average molecular weight is 459 g/mol. The van der Waals surface area contributed by atoms with Crippen molar-refractivity contribution in [3.8, 4) is 5.75 Å². The van der Waals surface area contributed by atoms with E-state index in [9.17, 15) is 24.6 Å². The number of phenols is 1. The van der Waals surface area contributed by atoms with Gasteiger partial charge < -0.3 is 20.8 Å². The lowest BCUT2D eigenvalue weighted by atomic mass is 10.0. The van der Waals surface area contributed by atoms with Crippen molar-refractivity contribution < 1.29 is 24.6 Å². The highest BCUT2D eigenvalue weighted by molar-refractivity contribution is 7.81. The van der Waals surface area contributed by atoms with Crippen LogP contribution in [0.5, 0.6) is 5.75 Å². The highest BCUT2D eigenvalue weighted by atomic mass is 32.1. The molecule has 0 saturated carbocycles. The van der Waals surface area contributed by atoms with Gasteiger partial charge in [-0.1, -0.05) is 62.7 Å². The molecule has 0 radical (unpaired) electrons. The van der Waals surface area contributed by atoms with E-state index >= 15 is 0 Å². The fraction of sp³-hybridized carbons (Fsp3) is 0.375. The van der Waals surface area contributed by atoms with Gasteiger partial charge in [-0.15, -0.1) is 0 Å². The van der Waals surface area contributed by atoms with Crippen molar-refractivity contribution >= 4 is 30.4 Å². The van der Waals surface area contributed by atoms with Crippen LogP contribution in [0.4, 0.5) is 0 Å². The zero-order valence-electron chi connectivity index (χ0n) is 18.2. The number of hydrogen-bond donors (Lipinski definition) is 5. The predicted octanol–water partition coefficient (Wildman–Crippen LogP) is 2.58. The average Bonchev–Trinajstić information content (AvgIpc) is 2.78. The van der Waals surface area contributed by atoms with Gasteiger partial charge in [0.05, 0.1) is 5.25 Å². The summed E-state index contributed by atoms with van der Waals surface area (Å²) >= 11 is 4.39. The minimum Gasteiger partial charge on any atom is -0.508 e. The number of phenolic OH excluding ortho intramolecular Hbond substituents is 1. The lowest BCUT2D eigenvalue weighted by Crippen LogP contribution is -2.54. The largest absolute Gasteiger partial charge is 0.508 e. The Morgan fingerprint density at radius 2 is 1.41 bits per heavy atom. The van der Waals surface area contributed by atoms with Crippen LogP contribution >= 0.6 is 12.6 Å². The highest BCUT2D eigenvalue weighted by Crippen LogP contribution is 2.15. The van der Waals surface area contributed by atoms with Crippen LogP contribution in [0.2, 0.25) is 0 Å². The fourth-order valence-electron chi connectivity index (χ4n) is 3.14. The smallest absolute Gasteiger partial charge is 0.326 e. The zero-order chi connectivity index (χ0) is 23.7. The zero-order valence-corrected chi connectivity index (χ0v) is 19.1. The number of nitrogens with one attached hydrogen (secondary N) is 2. The number of carbonyl (C=O) groups is 3. The summed E-state index contributed by atoms with van der Waals surface area (Å²) in [5.41, 5.74) is 1.48. The van der Waals surface area contributed by atoms with E-state index in [1.54, 1.807) is 12.1 Å². The van der Waals surface area contributed by atoms with E-state index in [1.165, 1.54) is 12.1 Å². The van der Waals surface area contributed by atoms with Crippen LogP contribution in [-0.2, 0) is 27.2 Å². The number of carboxylic acid groups (broad SMARTS) is 1. The van der Waals surface area contributed by atoms with Gasteiger partial charge in [-0.25, -0.2) is 4.79 Å². The molecule has 4 atom stereocenters. The van der Waals surface area contributed by atoms with Crippen molar-refractivity contribution in [2.24, 2.45) is 5.92 Å². The maximum Gasteiger partial charge on any atom is 0.326 e. The maximum atomic E-state index is 13.1. The van der Waals surface area contributed by atoms with Crippen molar-refractivity contribution in [1.29, 1.82) is 0 Å². The SMILES string of the molecule is CCC(C)C(S)C(=O)N[C@@H](Cc1ccccc1)C(=O)N[C@@H](Cc1ccc(O)cc1)C(=O)O. The monoisotopic (exact) mass is 458 g/mol. The summed E-state index contributed by atoms with van der Waals surface area (Å²) in [6, 6.07) is 13.1. The normalized spacial score (nSPS) is 14.6. The minimum atomic E-state index is -1.19. The molecule has 0 bridgehead atoms. The molecule has 0 aliphatic heterocycles. The fourth-order valence-corrected chi connectivity index (χ4v) is 3.42. The number of aliphatic carboxylic acids is 1. The predicted molar refractivity (Wildman–Crippen MR) is 126 cm³/mol. The van der Waals surface area contributed by atoms with Gasteiger partial charge in [-0.2, -0.15) is 12.6 Å². The Labute approximate surface area is 193 Å². The Kier molecular flexibility index (Phi) is 9.59. The van der Waals surface area contributed by atoms with Crippen LogP contribution in [0.1, 0.15) is 31.4 Å². The molecule has 0 aromatic heterocycles. The van der Waals surface area contributed by atoms with Gasteiger partial charge >= 0.3 is 5.97 Å². The van der Waals surface area contributed by atoms with Crippen LogP contribution in [0.3, 0.4) is 0 Å². The van der Waals surface area contributed by atoms with E-state index in [2.05, 4.69) is 23.3 Å². The van der Waals surface area contributed by atoms with Gasteiger partial charge in [0.2, 0.25) is 11.8 Å². The van der Waals surface area contributed by atoms with Crippen molar-refractivity contribution in [3.63, 3.8) is 0 Å². The van der Waals surface area contributed by atoms with Crippen molar-refractivity contribution in [1.82, 2.24) is 10.6 Å². The quantitative estimate of drug-likeness (QED) is 0.332. The molecule has 0 fully saturated rings. The van der Waals surface area contributed by atoms with Crippen LogP contribution in [0.25, 0.3) is 0 Å². The summed E-state index contributed by atoms with van der Waals surface area (Å²) in [6.45, 7) is 3.86. The van der Waals surface area contributed by atoms with E-state index in [4.69, 9.17) is 0 Å². The third-order valence-corrected chi connectivity index (χ3v) is 6.10. The Morgan fingerprint density at radius 1 is 0.875 bits per heavy atom. The van der Waals surface area contributed by atoms with Crippen LogP contribution in [0, 0.1) is 5.92 Å². The Hall–Kier alpha value is -3.00. The van der Waals surface area contributed by atoms with E-state index in [1.807, 2.05) is 44.2 Å². The van der Waals surface area contributed by atoms with Crippen molar-refractivity contribution in [2.75, 3.05) is 0 Å². The second-order valence-corrected chi connectivity index (χ2v) is 8.41. The number of amides is 2. The van der Waals surface area contributed by atoms with Crippen molar-refractivity contribution in [3.05, 3.63) is 65.7 Å². The highest BCUT2D eigenvalue weighted by Gasteiger charge is 2.29. The molecule has 172 valence electrons. The summed E-state index contributed by atoms with van der Waals surface area (Å²) in [6.07, 6.45) is 1.01. The molecule has 0 saturated heterocycles. The first-order valence-electron chi connectivity index (χ1n) is 10.5. The second-order valence-electron chi connectivity index (χ2n) is 7.85. The summed E-state index contributed by atoms with van der Waals surface area (Å²) in [5.74, 6) is -2.07. The number of thiol groups is 1. The number of carbonyl (C=O) groups excluding carboxylic acids is 2. The number of carboxylic acids is 1. The Bertz CT molecular complexity index is 904. The lowest BCUT2D eigenvalue weighted by molar-refractivity contribution is -0.142. The molecule has 2 amide bonds. The molecule has 7 nitrogen and oxygen atoms in total. The molecule has 0 heterocycles. The minimum absolute atomic E-state index is 0.0139. The van der Waals surface area contributed by atoms with Crippen LogP contribution in [0.15, 0.2) is 54.6 Å². The molecule has 2 rings (SSSR count). The molecule has 2 unspecified atom stereocenters. The maximum absolute atomic E-state index is 13.1. The van der Waals surface area contributed by atoms with Crippen LogP contribution in [-0.4, -0.2) is 45.3 Å². The number of benzene rings is 2. The Morgan fingerprint density at radius 3 is 1.97 bits per heavy atom. The molecule has 2 aromatic rings. The number of aromatic hydroxyl groups is 1. The molecule has 32 heavy (non-hydrogen) atoms. The van der Waals surface area contributed by atoms with E-state index < -0.39 is 29.2 Å².